The number of rotatable bonds is 3. The van der Waals surface area contributed by atoms with Gasteiger partial charge < -0.3 is 20.1 Å². The van der Waals surface area contributed by atoms with E-state index < -0.39 is 41.4 Å². The molecule has 0 aliphatic carbocycles. The van der Waals surface area contributed by atoms with Crippen LogP contribution in [0.25, 0.3) is 0 Å². The van der Waals surface area contributed by atoms with Gasteiger partial charge in [0, 0.05) is 12.3 Å². The van der Waals surface area contributed by atoms with Crippen molar-refractivity contribution in [3.8, 4) is 0 Å². The third-order valence-electron chi connectivity index (χ3n) is 3.94. The minimum Gasteiger partial charge on any atom is -0.394 e. The Bertz CT molecular complexity index is 606. The first-order chi connectivity index (χ1) is 9.30. The van der Waals surface area contributed by atoms with Crippen LogP contribution >= 0.6 is 0 Å². The van der Waals surface area contributed by atoms with E-state index in [1.54, 1.807) is 6.92 Å². The lowest BCUT2D eigenvalue weighted by Crippen LogP contribution is -2.58. The zero-order chi connectivity index (χ0) is 15.1. The van der Waals surface area contributed by atoms with Gasteiger partial charge in [-0.25, -0.2) is 4.79 Å². The van der Waals surface area contributed by atoms with Crippen molar-refractivity contribution in [2.24, 2.45) is 0 Å². The SMILES string of the molecule is CC[C@@]1(n2ccc(=O)[nH]c2=O)O[C@H](CO)[C@@H](O)[C@@]1(C)O. The van der Waals surface area contributed by atoms with E-state index >= 15 is 0 Å². The predicted molar refractivity (Wildman–Crippen MR) is 68.2 cm³/mol. The molecule has 1 fully saturated rings. The molecular weight excluding hydrogens is 268 g/mol. The topological polar surface area (TPSA) is 125 Å². The minimum absolute atomic E-state index is 0.152. The van der Waals surface area contributed by atoms with Crippen LogP contribution in [0.15, 0.2) is 21.9 Å². The van der Waals surface area contributed by atoms with Crippen molar-refractivity contribution in [3.05, 3.63) is 33.1 Å². The number of hydrogen-bond donors (Lipinski definition) is 4. The minimum atomic E-state index is -1.81. The number of H-pyrrole nitrogens is 1. The second-order valence-corrected chi connectivity index (χ2v) is 5.05. The van der Waals surface area contributed by atoms with E-state index in [2.05, 4.69) is 4.98 Å². The maximum atomic E-state index is 12.0. The molecule has 1 aliphatic heterocycles. The molecule has 2 heterocycles. The summed E-state index contributed by atoms with van der Waals surface area (Å²) >= 11 is 0. The Morgan fingerprint density at radius 3 is 2.60 bits per heavy atom. The van der Waals surface area contributed by atoms with Crippen molar-refractivity contribution in [2.75, 3.05) is 6.61 Å². The van der Waals surface area contributed by atoms with Gasteiger partial charge in [-0.15, -0.1) is 0 Å². The molecule has 112 valence electrons. The zero-order valence-corrected chi connectivity index (χ0v) is 11.2. The number of hydrogen-bond acceptors (Lipinski definition) is 6. The number of nitrogens with zero attached hydrogens (tertiary/aromatic N) is 1. The van der Waals surface area contributed by atoms with Gasteiger partial charge in [-0.1, -0.05) is 6.92 Å². The highest BCUT2D eigenvalue weighted by molar-refractivity contribution is 5.08. The quantitative estimate of drug-likeness (QED) is 0.514. The van der Waals surface area contributed by atoms with Crippen molar-refractivity contribution < 1.29 is 20.1 Å². The van der Waals surface area contributed by atoms with Crippen molar-refractivity contribution in [1.82, 2.24) is 9.55 Å². The molecule has 8 heteroatoms. The molecule has 1 aromatic heterocycles. The van der Waals surface area contributed by atoms with Gasteiger partial charge in [0.1, 0.15) is 17.8 Å². The van der Waals surface area contributed by atoms with E-state index in [9.17, 15) is 24.9 Å². The van der Waals surface area contributed by atoms with Gasteiger partial charge in [0.25, 0.3) is 5.56 Å². The molecule has 0 radical (unpaired) electrons. The van der Waals surface area contributed by atoms with Crippen molar-refractivity contribution in [3.63, 3.8) is 0 Å². The summed E-state index contributed by atoms with van der Waals surface area (Å²) in [6.07, 6.45) is -1.04. The predicted octanol–water partition coefficient (Wildman–Crippen LogP) is -1.90. The van der Waals surface area contributed by atoms with Crippen LogP contribution in [0.5, 0.6) is 0 Å². The molecule has 0 bridgehead atoms. The summed E-state index contributed by atoms with van der Waals surface area (Å²) in [7, 11) is 0. The molecule has 0 unspecified atom stereocenters. The van der Waals surface area contributed by atoms with Crippen LogP contribution in [-0.2, 0) is 10.5 Å². The van der Waals surface area contributed by atoms with Crippen molar-refractivity contribution in [2.45, 2.75) is 43.8 Å². The molecule has 2 rings (SSSR count). The number of nitrogens with one attached hydrogen (secondary N) is 1. The van der Waals surface area contributed by atoms with Gasteiger partial charge in [0.15, 0.2) is 5.72 Å². The summed E-state index contributed by atoms with van der Waals surface area (Å²) < 4.78 is 6.61. The van der Waals surface area contributed by atoms with Crippen LogP contribution in [0.1, 0.15) is 20.3 Å². The average molecular weight is 286 g/mol. The molecule has 0 spiro atoms. The van der Waals surface area contributed by atoms with Crippen molar-refractivity contribution >= 4 is 0 Å². The molecule has 20 heavy (non-hydrogen) atoms. The third kappa shape index (κ3) is 1.84. The monoisotopic (exact) mass is 286 g/mol. The van der Waals surface area contributed by atoms with E-state index in [1.807, 2.05) is 0 Å². The van der Waals surface area contributed by atoms with Gasteiger partial charge in [-0.2, -0.15) is 0 Å². The van der Waals surface area contributed by atoms with Crippen LogP contribution in [-0.4, -0.2) is 49.3 Å². The molecule has 8 nitrogen and oxygen atoms in total. The summed E-state index contributed by atoms with van der Waals surface area (Å²) in [5, 5.41) is 29.9. The Hall–Kier alpha value is -1.48. The fourth-order valence-electron chi connectivity index (χ4n) is 2.78. The fraction of sp³-hybridized carbons (Fsp3) is 0.667. The van der Waals surface area contributed by atoms with E-state index in [0.717, 1.165) is 10.6 Å². The fourth-order valence-corrected chi connectivity index (χ4v) is 2.78. The van der Waals surface area contributed by atoms with Crippen LogP contribution in [0, 0.1) is 0 Å². The van der Waals surface area contributed by atoms with Gasteiger partial charge in [0.2, 0.25) is 0 Å². The molecule has 0 aromatic carbocycles. The number of aromatic amines is 1. The first-order valence-corrected chi connectivity index (χ1v) is 6.31. The summed E-state index contributed by atoms with van der Waals surface area (Å²) in [6, 6.07) is 1.12. The molecule has 1 saturated heterocycles. The molecule has 4 N–H and O–H groups in total. The van der Waals surface area contributed by atoms with E-state index in [1.165, 1.54) is 13.1 Å². The number of aromatic nitrogens is 2. The molecule has 0 amide bonds. The summed E-state index contributed by atoms with van der Waals surface area (Å²) in [6.45, 7) is 2.49. The van der Waals surface area contributed by atoms with Crippen molar-refractivity contribution in [1.29, 1.82) is 0 Å². The third-order valence-corrected chi connectivity index (χ3v) is 3.94. The van der Waals surface area contributed by atoms with E-state index in [-0.39, 0.29) is 6.42 Å². The smallest absolute Gasteiger partial charge is 0.330 e. The Morgan fingerprint density at radius 2 is 2.15 bits per heavy atom. The molecule has 1 aromatic rings. The highest BCUT2D eigenvalue weighted by atomic mass is 16.6. The standard InChI is InChI=1S/C12H18N2O6/c1-3-12(14-5-4-8(16)13-10(14)18)11(2,19)9(17)7(6-15)20-12/h4-5,7,9,15,17,19H,3,6H2,1-2H3,(H,13,16,18)/t7-,9-,11-,12-/m1/s1. The van der Waals surface area contributed by atoms with Gasteiger partial charge in [-0.05, 0) is 13.3 Å². The summed E-state index contributed by atoms with van der Waals surface area (Å²) in [4.78, 5) is 25.2. The Kier molecular flexibility index (Phi) is 3.59. The maximum Gasteiger partial charge on any atom is 0.330 e. The Morgan fingerprint density at radius 1 is 1.50 bits per heavy atom. The molecular formula is C12H18N2O6. The lowest BCUT2D eigenvalue weighted by molar-refractivity contribution is -0.192. The van der Waals surface area contributed by atoms with Gasteiger partial charge >= 0.3 is 5.69 Å². The van der Waals surface area contributed by atoms with Gasteiger partial charge in [0.05, 0.1) is 6.61 Å². The van der Waals surface area contributed by atoms with Crippen LogP contribution in [0.4, 0.5) is 0 Å². The lowest BCUT2D eigenvalue weighted by Gasteiger charge is -2.39. The first kappa shape index (κ1) is 14.9. The zero-order valence-electron chi connectivity index (χ0n) is 11.2. The van der Waals surface area contributed by atoms with E-state index in [0.29, 0.717) is 0 Å². The van der Waals surface area contributed by atoms with Crippen LogP contribution in [0.3, 0.4) is 0 Å². The molecule has 1 aliphatic rings. The number of aliphatic hydroxyl groups is 3. The largest absolute Gasteiger partial charge is 0.394 e. The second kappa shape index (κ2) is 4.81. The normalized spacial score (nSPS) is 37.2. The summed E-state index contributed by atoms with van der Waals surface area (Å²) in [5.74, 6) is 0. The van der Waals surface area contributed by atoms with Crippen LogP contribution in [0.2, 0.25) is 0 Å². The van der Waals surface area contributed by atoms with Crippen LogP contribution < -0.4 is 11.2 Å². The number of ether oxygens (including phenoxy) is 1. The highest BCUT2D eigenvalue weighted by Gasteiger charge is 2.62. The average Bonchev–Trinajstić information content (AvgIpc) is 2.59. The Balaban J connectivity index is 2.65. The second-order valence-electron chi connectivity index (χ2n) is 5.05. The Labute approximate surface area is 114 Å². The lowest BCUT2D eigenvalue weighted by atomic mass is 9.85. The highest BCUT2D eigenvalue weighted by Crippen LogP contribution is 2.44. The maximum absolute atomic E-state index is 12.0. The van der Waals surface area contributed by atoms with E-state index in [4.69, 9.17) is 4.74 Å². The first-order valence-electron chi connectivity index (χ1n) is 6.31. The molecule has 4 atom stereocenters. The molecule has 0 saturated carbocycles. The summed E-state index contributed by atoms with van der Waals surface area (Å²) in [5.41, 5.74) is -4.71. The van der Waals surface area contributed by atoms with Gasteiger partial charge in [-0.3, -0.25) is 14.3 Å². The number of aliphatic hydroxyl groups excluding tert-OH is 2.